The fourth-order valence-corrected chi connectivity index (χ4v) is 3.85. The molecule has 2 aromatic heterocycles. The van der Waals surface area contributed by atoms with Gasteiger partial charge in [-0.05, 0) is 35.4 Å². The summed E-state index contributed by atoms with van der Waals surface area (Å²) in [4.78, 5) is 29.3. The zero-order valence-electron chi connectivity index (χ0n) is 16.7. The van der Waals surface area contributed by atoms with Gasteiger partial charge in [0, 0.05) is 18.3 Å². The van der Waals surface area contributed by atoms with Gasteiger partial charge in [-0.15, -0.1) is 11.3 Å². The molecule has 2 aromatic carbocycles. The van der Waals surface area contributed by atoms with E-state index in [1.165, 1.54) is 23.5 Å². The maximum absolute atomic E-state index is 13.0. The van der Waals surface area contributed by atoms with Crippen LogP contribution in [0, 0.1) is 5.82 Å². The SMILES string of the molecule is COc1ccc(Cc2nn3c(CC(=O)NCc4ccc(F)cc4)csc3nc2=O)cc1. The van der Waals surface area contributed by atoms with Crippen LogP contribution in [0.2, 0.25) is 0 Å². The van der Waals surface area contributed by atoms with Crippen molar-refractivity contribution in [3.63, 3.8) is 0 Å². The molecule has 7 nitrogen and oxygen atoms in total. The molecule has 9 heteroatoms. The number of amides is 1. The number of hydrogen-bond acceptors (Lipinski definition) is 6. The highest BCUT2D eigenvalue weighted by Gasteiger charge is 2.14. The minimum Gasteiger partial charge on any atom is -0.497 e. The largest absolute Gasteiger partial charge is 0.497 e. The van der Waals surface area contributed by atoms with Gasteiger partial charge in [-0.25, -0.2) is 8.91 Å². The van der Waals surface area contributed by atoms with Crippen molar-refractivity contribution < 1.29 is 13.9 Å². The summed E-state index contributed by atoms with van der Waals surface area (Å²) in [5.74, 6) is 0.202. The summed E-state index contributed by atoms with van der Waals surface area (Å²) in [6.45, 7) is 0.297. The van der Waals surface area contributed by atoms with Gasteiger partial charge in [0.25, 0.3) is 5.56 Å². The lowest BCUT2D eigenvalue weighted by atomic mass is 10.1. The molecule has 1 N–H and O–H groups in total. The Kier molecular flexibility index (Phi) is 6.03. The number of nitrogens with zero attached hydrogens (tertiary/aromatic N) is 3. The number of ether oxygens (including phenoxy) is 1. The molecule has 0 radical (unpaired) electrons. The zero-order chi connectivity index (χ0) is 21.8. The van der Waals surface area contributed by atoms with E-state index in [0.717, 1.165) is 16.9 Å². The number of methoxy groups -OCH3 is 1. The summed E-state index contributed by atoms with van der Waals surface area (Å²) < 4.78 is 19.7. The van der Waals surface area contributed by atoms with Gasteiger partial charge in [0.1, 0.15) is 17.3 Å². The number of thiazole rings is 1. The number of carbonyl (C=O) groups is 1. The lowest BCUT2D eigenvalue weighted by molar-refractivity contribution is -0.120. The number of hydrogen-bond donors (Lipinski definition) is 1. The molecule has 0 saturated carbocycles. The molecule has 31 heavy (non-hydrogen) atoms. The van der Waals surface area contributed by atoms with Crippen LogP contribution in [-0.4, -0.2) is 27.6 Å². The average Bonchev–Trinajstić information content (AvgIpc) is 3.15. The number of aromatic nitrogens is 3. The second-order valence-electron chi connectivity index (χ2n) is 6.89. The van der Waals surface area contributed by atoms with Crippen molar-refractivity contribution in [2.75, 3.05) is 7.11 Å². The summed E-state index contributed by atoms with van der Waals surface area (Å²) in [5, 5.41) is 9.03. The fraction of sp³-hybridized carbons (Fsp3) is 0.182. The first-order valence-corrected chi connectivity index (χ1v) is 10.4. The predicted molar refractivity (Wildman–Crippen MR) is 115 cm³/mol. The van der Waals surface area contributed by atoms with Crippen molar-refractivity contribution >= 4 is 22.2 Å². The smallest absolute Gasteiger partial charge is 0.296 e. The molecule has 4 rings (SSSR count). The van der Waals surface area contributed by atoms with E-state index in [1.54, 1.807) is 29.1 Å². The third kappa shape index (κ3) is 4.95. The second kappa shape index (κ2) is 9.05. The van der Waals surface area contributed by atoms with Crippen molar-refractivity contribution in [1.29, 1.82) is 0 Å². The molecule has 0 spiro atoms. The van der Waals surface area contributed by atoms with Gasteiger partial charge in [0.15, 0.2) is 0 Å². The Balaban J connectivity index is 1.49. The number of nitrogens with one attached hydrogen (secondary N) is 1. The molecule has 1 amide bonds. The highest BCUT2D eigenvalue weighted by molar-refractivity contribution is 7.15. The third-order valence-corrected chi connectivity index (χ3v) is 5.56. The van der Waals surface area contributed by atoms with Crippen LogP contribution in [0.5, 0.6) is 5.75 Å². The summed E-state index contributed by atoms with van der Waals surface area (Å²) >= 11 is 1.26. The predicted octanol–water partition coefficient (Wildman–Crippen LogP) is 2.75. The fourth-order valence-electron chi connectivity index (χ4n) is 3.03. The topological polar surface area (TPSA) is 85.6 Å². The molecule has 0 saturated heterocycles. The van der Waals surface area contributed by atoms with E-state index in [9.17, 15) is 14.0 Å². The summed E-state index contributed by atoms with van der Waals surface area (Å²) in [5.41, 5.74) is 2.26. The Morgan fingerprint density at radius 2 is 1.84 bits per heavy atom. The van der Waals surface area contributed by atoms with E-state index in [0.29, 0.717) is 29.3 Å². The van der Waals surface area contributed by atoms with Crippen LogP contribution >= 0.6 is 11.3 Å². The molecule has 0 atom stereocenters. The number of carbonyl (C=O) groups excluding carboxylic acids is 1. The first-order chi connectivity index (χ1) is 15.0. The number of rotatable bonds is 7. The van der Waals surface area contributed by atoms with Gasteiger partial charge in [-0.3, -0.25) is 9.59 Å². The second-order valence-corrected chi connectivity index (χ2v) is 7.73. The van der Waals surface area contributed by atoms with Crippen LogP contribution in [0.1, 0.15) is 22.5 Å². The van der Waals surface area contributed by atoms with Gasteiger partial charge < -0.3 is 10.1 Å². The third-order valence-electron chi connectivity index (χ3n) is 4.69. The summed E-state index contributed by atoms with van der Waals surface area (Å²) in [7, 11) is 1.59. The monoisotopic (exact) mass is 438 g/mol. The normalized spacial score (nSPS) is 10.9. The van der Waals surface area contributed by atoms with E-state index < -0.39 is 0 Å². The van der Waals surface area contributed by atoms with E-state index in [2.05, 4.69) is 15.4 Å². The Labute approximate surface area is 181 Å². The highest BCUT2D eigenvalue weighted by Crippen LogP contribution is 2.15. The van der Waals surface area contributed by atoms with Crippen molar-refractivity contribution in [3.8, 4) is 5.75 Å². The molecule has 2 heterocycles. The highest BCUT2D eigenvalue weighted by atomic mass is 32.1. The number of halogens is 1. The molecular formula is C22H19FN4O3S. The molecule has 0 aliphatic rings. The molecule has 0 bridgehead atoms. The first kappa shape index (κ1) is 20.7. The average molecular weight is 438 g/mol. The molecule has 158 valence electrons. The van der Waals surface area contributed by atoms with Crippen LogP contribution in [0.15, 0.2) is 58.7 Å². The van der Waals surface area contributed by atoms with Crippen LogP contribution < -0.4 is 15.6 Å². The van der Waals surface area contributed by atoms with Gasteiger partial charge in [0.2, 0.25) is 10.9 Å². The van der Waals surface area contributed by atoms with Crippen LogP contribution in [-0.2, 0) is 24.2 Å². The molecule has 0 unspecified atom stereocenters. The Morgan fingerprint density at radius 1 is 1.13 bits per heavy atom. The lowest BCUT2D eigenvalue weighted by Gasteiger charge is -2.06. The Bertz CT molecular complexity index is 1270. The van der Waals surface area contributed by atoms with Crippen LogP contribution in [0.4, 0.5) is 4.39 Å². The van der Waals surface area contributed by atoms with Crippen LogP contribution in [0.25, 0.3) is 4.96 Å². The maximum Gasteiger partial charge on any atom is 0.296 e. The van der Waals surface area contributed by atoms with Crippen molar-refractivity contribution in [2.24, 2.45) is 0 Å². The summed E-state index contributed by atoms with van der Waals surface area (Å²) in [6.07, 6.45) is 0.408. The van der Waals surface area contributed by atoms with Crippen molar-refractivity contribution in [1.82, 2.24) is 19.9 Å². The van der Waals surface area contributed by atoms with Crippen LogP contribution in [0.3, 0.4) is 0 Å². The Morgan fingerprint density at radius 3 is 2.55 bits per heavy atom. The molecular weight excluding hydrogens is 419 g/mol. The van der Waals surface area contributed by atoms with E-state index in [1.807, 2.05) is 24.3 Å². The maximum atomic E-state index is 13.0. The van der Waals surface area contributed by atoms with Crippen molar-refractivity contribution in [2.45, 2.75) is 19.4 Å². The van der Waals surface area contributed by atoms with E-state index >= 15 is 0 Å². The zero-order valence-corrected chi connectivity index (χ0v) is 17.5. The minimum atomic E-state index is -0.384. The standard InChI is InChI=1S/C22H19FN4O3S/c1-30-18-8-4-14(5-9-18)10-19-21(29)25-22-27(26-19)17(13-31-22)11-20(28)24-12-15-2-6-16(23)7-3-15/h2-9,13H,10-12H2,1H3,(H,24,28). The van der Waals surface area contributed by atoms with Gasteiger partial charge in [-0.1, -0.05) is 24.3 Å². The van der Waals surface area contributed by atoms with Gasteiger partial charge in [-0.2, -0.15) is 10.1 Å². The molecule has 0 fully saturated rings. The lowest BCUT2D eigenvalue weighted by Crippen LogP contribution is -2.26. The Hall–Kier alpha value is -3.59. The van der Waals surface area contributed by atoms with E-state index in [-0.39, 0.29) is 23.7 Å². The molecule has 4 aromatic rings. The summed E-state index contributed by atoms with van der Waals surface area (Å²) in [6, 6.07) is 13.3. The number of benzene rings is 2. The quantitative estimate of drug-likeness (QED) is 0.480. The van der Waals surface area contributed by atoms with E-state index in [4.69, 9.17) is 4.74 Å². The molecule has 0 aliphatic heterocycles. The van der Waals surface area contributed by atoms with Gasteiger partial charge >= 0.3 is 0 Å². The molecule has 0 aliphatic carbocycles. The van der Waals surface area contributed by atoms with Gasteiger partial charge in [0.05, 0.1) is 19.2 Å². The van der Waals surface area contributed by atoms with Crippen molar-refractivity contribution in [3.05, 3.63) is 92.6 Å². The minimum absolute atomic E-state index is 0.0840. The number of fused-ring (bicyclic) bond motifs is 1. The first-order valence-electron chi connectivity index (χ1n) is 9.52.